The summed E-state index contributed by atoms with van der Waals surface area (Å²) in [5, 5.41) is 7.03. The molecule has 1 aromatic heterocycles. The number of para-hydroxylation sites is 4. The quantitative estimate of drug-likeness (QED) is 0.384. The van der Waals surface area contributed by atoms with E-state index in [1.54, 1.807) is 0 Å². The lowest BCUT2D eigenvalue weighted by molar-refractivity contribution is -0.113. The molecule has 1 aliphatic rings. The lowest BCUT2D eigenvalue weighted by Crippen LogP contribution is -2.31. The van der Waals surface area contributed by atoms with Crippen molar-refractivity contribution in [2.24, 2.45) is 0 Å². The molecule has 2 heterocycles. The molecule has 0 spiro atoms. The lowest BCUT2D eigenvalue weighted by atomic mass is 9.94. The molecule has 0 fully saturated rings. The van der Waals surface area contributed by atoms with Crippen LogP contribution in [0.2, 0.25) is 5.02 Å². The molecule has 3 aromatic carbocycles. The number of ether oxygens (including phenoxy) is 1. The summed E-state index contributed by atoms with van der Waals surface area (Å²) < 4.78 is 7.77. The highest BCUT2D eigenvalue weighted by atomic mass is 35.5. The predicted molar refractivity (Wildman–Crippen MR) is 132 cm³/mol. The van der Waals surface area contributed by atoms with Gasteiger partial charge in [0.15, 0.2) is 0 Å². The highest BCUT2D eigenvalue weighted by molar-refractivity contribution is 6.30. The van der Waals surface area contributed by atoms with Crippen LogP contribution in [-0.4, -0.2) is 22.1 Å². The van der Waals surface area contributed by atoms with Crippen LogP contribution in [0.1, 0.15) is 25.5 Å². The van der Waals surface area contributed by atoms with Crippen molar-refractivity contribution in [3.05, 3.63) is 94.7 Å². The van der Waals surface area contributed by atoms with Crippen LogP contribution in [0.15, 0.2) is 84.1 Å². The number of carbonyl (C=O) groups excluding carboxylic acids is 1. The number of anilines is 2. The molecule has 6 nitrogen and oxygen atoms in total. The number of allylic oxidation sites excluding steroid dienone is 1. The van der Waals surface area contributed by atoms with E-state index in [2.05, 4.69) is 15.2 Å². The second kappa shape index (κ2) is 8.64. The van der Waals surface area contributed by atoms with Gasteiger partial charge in [0.1, 0.15) is 5.75 Å². The highest BCUT2D eigenvalue weighted by Gasteiger charge is 2.34. The van der Waals surface area contributed by atoms with Crippen LogP contribution in [0.5, 0.6) is 5.75 Å². The van der Waals surface area contributed by atoms with Crippen molar-refractivity contribution < 1.29 is 9.53 Å². The van der Waals surface area contributed by atoms with E-state index in [1.165, 1.54) is 0 Å². The van der Waals surface area contributed by atoms with E-state index in [0.717, 1.165) is 22.3 Å². The molecule has 1 aliphatic heterocycles. The smallest absolute Gasteiger partial charge is 0.255 e. The van der Waals surface area contributed by atoms with Gasteiger partial charge in [0.25, 0.3) is 5.91 Å². The van der Waals surface area contributed by atoms with Gasteiger partial charge in [-0.15, -0.1) is 0 Å². The lowest BCUT2D eigenvalue weighted by Gasteiger charge is -2.31. The Morgan fingerprint density at radius 3 is 2.61 bits per heavy atom. The Labute approximate surface area is 196 Å². The van der Waals surface area contributed by atoms with E-state index in [0.29, 0.717) is 34.6 Å². The number of nitrogens with zero attached hydrogens (tertiary/aromatic N) is 2. The molecule has 0 saturated carbocycles. The molecule has 0 radical (unpaired) electrons. The number of fused-ring (bicyclic) bond motifs is 3. The number of halogens is 1. The maximum Gasteiger partial charge on any atom is 0.255 e. The largest absolute Gasteiger partial charge is 0.492 e. The summed E-state index contributed by atoms with van der Waals surface area (Å²) in [4.78, 5) is 18.5. The number of imidazole rings is 1. The van der Waals surface area contributed by atoms with Crippen LogP contribution in [-0.2, 0) is 4.79 Å². The Morgan fingerprint density at radius 1 is 1.09 bits per heavy atom. The summed E-state index contributed by atoms with van der Waals surface area (Å²) in [6.07, 6.45) is 0. The van der Waals surface area contributed by atoms with Gasteiger partial charge in [-0.1, -0.05) is 48.0 Å². The van der Waals surface area contributed by atoms with Crippen molar-refractivity contribution in [3.63, 3.8) is 0 Å². The minimum Gasteiger partial charge on any atom is -0.492 e. The molecule has 0 aliphatic carbocycles. The zero-order chi connectivity index (χ0) is 22.9. The Hall–Kier alpha value is -3.77. The fourth-order valence-corrected chi connectivity index (χ4v) is 4.39. The van der Waals surface area contributed by atoms with Crippen molar-refractivity contribution in [2.45, 2.75) is 19.9 Å². The van der Waals surface area contributed by atoms with E-state index in [-0.39, 0.29) is 11.9 Å². The molecule has 33 heavy (non-hydrogen) atoms. The Kier molecular flexibility index (Phi) is 5.52. The molecule has 0 saturated heterocycles. The molecular weight excluding hydrogens is 436 g/mol. The topological polar surface area (TPSA) is 68.2 Å². The first-order valence-electron chi connectivity index (χ1n) is 10.8. The molecule has 5 rings (SSSR count). The fraction of sp³-hybridized carbons (Fsp3) is 0.154. The second-order valence-electron chi connectivity index (χ2n) is 7.80. The van der Waals surface area contributed by atoms with Gasteiger partial charge in [-0.3, -0.25) is 9.36 Å². The predicted octanol–water partition coefficient (Wildman–Crippen LogP) is 6.02. The van der Waals surface area contributed by atoms with Crippen molar-refractivity contribution in [1.82, 2.24) is 9.55 Å². The number of aromatic nitrogens is 2. The van der Waals surface area contributed by atoms with Crippen molar-refractivity contribution in [2.75, 3.05) is 17.2 Å². The third kappa shape index (κ3) is 3.83. The number of amides is 1. The number of benzene rings is 3. The third-order valence-corrected chi connectivity index (χ3v) is 5.95. The zero-order valence-corrected chi connectivity index (χ0v) is 19.1. The Bertz CT molecular complexity index is 1370. The average Bonchev–Trinajstić information content (AvgIpc) is 3.18. The van der Waals surface area contributed by atoms with Crippen molar-refractivity contribution >= 4 is 40.2 Å². The van der Waals surface area contributed by atoms with Gasteiger partial charge < -0.3 is 15.4 Å². The van der Waals surface area contributed by atoms with E-state index in [1.807, 2.05) is 86.6 Å². The number of carbonyl (C=O) groups is 1. The summed E-state index contributed by atoms with van der Waals surface area (Å²) >= 11 is 6.17. The van der Waals surface area contributed by atoms with Crippen LogP contribution in [0, 0.1) is 0 Å². The fourth-order valence-electron chi connectivity index (χ4n) is 4.26. The van der Waals surface area contributed by atoms with Gasteiger partial charge in [-0.2, -0.15) is 0 Å². The number of hydrogen-bond acceptors (Lipinski definition) is 4. The molecule has 1 atom stereocenters. The first-order chi connectivity index (χ1) is 16.1. The summed E-state index contributed by atoms with van der Waals surface area (Å²) in [5.74, 6) is 1.11. The summed E-state index contributed by atoms with van der Waals surface area (Å²) in [5.41, 5.74) is 4.69. The van der Waals surface area contributed by atoms with Crippen LogP contribution in [0.3, 0.4) is 0 Å². The first-order valence-corrected chi connectivity index (χ1v) is 11.2. The number of rotatable bonds is 5. The van der Waals surface area contributed by atoms with Gasteiger partial charge >= 0.3 is 0 Å². The van der Waals surface area contributed by atoms with E-state index >= 15 is 0 Å². The molecule has 0 bridgehead atoms. The maximum absolute atomic E-state index is 13.7. The van der Waals surface area contributed by atoms with Crippen molar-refractivity contribution in [1.29, 1.82) is 0 Å². The number of hydrogen-bond donors (Lipinski definition) is 2. The summed E-state index contributed by atoms with van der Waals surface area (Å²) in [7, 11) is 0. The van der Waals surface area contributed by atoms with Crippen LogP contribution < -0.4 is 15.4 Å². The third-order valence-electron chi connectivity index (χ3n) is 5.70. The second-order valence-corrected chi connectivity index (χ2v) is 8.23. The van der Waals surface area contributed by atoms with Gasteiger partial charge in [0.2, 0.25) is 5.95 Å². The van der Waals surface area contributed by atoms with Crippen LogP contribution >= 0.6 is 11.6 Å². The van der Waals surface area contributed by atoms with E-state index < -0.39 is 0 Å². The zero-order valence-electron chi connectivity index (χ0n) is 18.3. The molecule has 2 N–H and O–H groups in total. The number of nitrogens with one attached hydrogen (secondary N) is 2. The minimum atomic E-state index is -0.384. The van der Waals surface area contributed by atoms with Gasteiger partial charge in [0, 0.05) is 10.7 Å². The van der Waals surface area contributed by atoms with Gasteiger partial charge in [-0.05, 0) is 55.8 Å². The van der Waals surface area contributed by atoms with Crippen LogP contribution in [0.4, 0.5) is 11.6 Å². The molecule has 166 valence electrons. The van der Waals surface area contributed by atoms with Crippen molar-refractivity contribution in [3.8, 4) is 5.75 Å². The normalized spacial score (nSPS) is 15.2. The molecular formula is C26H23ClN4O2. The van der Waals surface area contributed by atoms with E-state index in [4.69, 9.17) is 21.3 Å². The monoisotopic (exact) mass is 458 g/mol. The molecule has 7 heteroatoms. The SMILES string of the molecule is CCOc1ccccc1NC(=O)C1=C(C)Nc2nc3ccccc3n2C1c1ccc(Cl)cc1. The van der Waals surface area contributed by atoms with E-state index in [9.17, 15) is 4.79 Å². The summed E-state index contributed by atoms with van der Waals surface area (Å²) in [6, 6.07) is 22.5. The molecule has 1 unspecified atom stereocenters. The highest BCUT2D eigenvalue weighted by Crippen LogP contribution is 2.40. The minimum absolute atomic E-state index is 0.212. The van der Waals surface area contributed by atoms with Crippen LogP contribution in [0.25, 0.3) is 11.0 Å². The Balaban J connectivity index is 1.63. The first kappa shape index (κ1) is 21.1. The standard InChI is InChI=1S/C26H23ClN4O2/c1-3-33-22-11-7-5-9-20(22)29-25(32)23-16(2)28-26-30-19-8-4-6-10-21(19)31(26)24(23)17-12-14-18(27)15-13-17/h4-15,24H,3H2,1-2H3,(H,28,30)(H,29,32). The van der Waals surface area contributed by atoms with Gasteiger partial charge in [-0.25, -0.2) is 4.98 Å². The molecule has 1 amide bonds. The average molecular weight is 459 g/mol. The molecule has 4 aromatic rings. The maximum atomic E-state index is 13.7. The Morgan fingerprint density at radius 2 is 1.82 bits per heavy atom. The summed E-state index contributed by atoms with van der Waals surface area (Å²) in [6.45, 7) is 4.32. The van der Waals surface area contributed by atoms with Gasteiger partial charge in [0.05, 0.1) is 34.9 Å².